The maximum absolute atomic E-state index is 12.7. The summed E-state index contributed by atoms with van der Waals surface area (Å²) in [5.41, 5.74) is 1.65. The maximum Gasteiger partial charge on any atom is 0.253 e. The minimum absolute atomic E-state index is 0.0965. The Morgan fingerprint density at radius 1 is 1.50 bits per heavy atom. The Kier molecular flexibility index (Phi) is 4.34. The molecule has 0 aromatic heterocycles. The van der Waals surface area contributed by atoms with E-state index in [9.17, 15) is 4.79 Å². The summed E-state index contributed by atoms with van der Waals surface area (Å²) in [6, 6.07) is 5.95. The van der Waals surface area contributed by atoms with Gasteiger partial charge < -0.3 is 19.7 Å². The molecule has 118 valence electrons. The lowest BCUT2D eigenvalue weighted by atomic mass is 10.1. The summed E-state index contributed by atoms with van der Waals surface area (Å²) in [6.07, 6.45) is 4.07. The van der Waals surface area contributed by atoms with E-state index in [2.05, 4.69) is 5.32 Å². The normalized spacial score (nSPS) is 20.2. The van der Waals surface area contributed by atoms with Crippen molar-refractivity contribution in [2.75, 3.05) is 33.9 Å². The number of likely N-dealkylation sites (tertiary alicyclic amines) is 1. The smallest absolute Gasteiger partial charge is 0.253 e. The molecule has 22 heavy (non-hydrogen) atoms. The number of carbonyl (C=O) groups excluding carboxylic acids is 1. The Hall–Kier alpha value is -2.01. The van der Waals surface area contributed by atoms with Gasteiger partial charge in [0, 0.05) is 30.8 Å². The average molecular weight is 302 g/mol. The second kappa shape index (κ2) is 6.40. The van der Waals surface area contributed by atoms with Gasteiger partial charge in [-0.2, -0.15) is 0 Å². The number of hydrogen-bond donors (Lipinski definition) is 1. The molecule has 0 aliphatic carbocycles. The Bertz CT molecular complexity index is 598. The van der Waals surface area contributed by atoms with Crippen molar-refractivity contribution in [1.29, 1.82) is 0 Å². The summed E-state index contributed by atoms with van der Waals surface area (Å²) in [5, 5.41) is 3.17. The summed E-state index contributed by atoms with van der Waals surface area (Å²) in [5.74, 6) is 1.62. The van der Waals surface area contributed by atoms with Gasteiger partial charge in [0.15, 0.2) is 0 Å². The first kappa shape index (κ1) is 14.9. The molecule has 1 aromatic rings. The van der Waals surface area contributed by atoms with Crippen LogP contribution in [0.1, 0.15) is 18.4 Å². The highest BCUT2D eigenvalue weighted by molar-refractivity contribution is 5.99. The number of nitrogens with one attached hydrogen (secondary N) is 1. The van der Waals surface area contributed by atoms with Gasteiger partial charge in [0.1, 0.15) is 18.1 Å². The van der Waals surface area contributed by atoms with Crippen LogP contribution >= 0.6 is 0 Å². The first-order valence-electron chi connectivity index (χ1n) is 7.70. The topological polar surface area (TPSA) is 50.8 Å². The van der Waals surface area contributed by atoms with E-state index in [-0.39, 0.29) is 11.9 Å². The Morgan fingerprint density at radius 2 is 2.36 bits per heavy atom. The predicted octanol–water partition coefficient (Wildman–Crippen LogP) is 1.68. The van der Waals surface area contributed by atoms with Crippen LogP contribution in [0.3, 0.4) is 0 Å². The number of benzene rings is 1. The average Bonchev–Trinajstić information content (AvgIpc) is 3.01. The van der Waals surface area contributed by atoms with Crippen molar-refractivity contribution in [2.24, 2.45) is 0 Å². The van der Waals surface area contributed by atoms with Gasteiger partial charge >= 0.3 is 0 Å². The second-order valence-electron chi connectivity index (χ2n) is 5.71. The molecule has 0 bridgehead atoms. The van der Waals surface area contributed by atoms with Gasteiger partial charge in [-0.05, 0) is 38.1 Å². The molecule has 0 spiro atoms. The first-order chi connectivity index (χ1) is 10.7. The van der Waals surface area contributed by atoms with Crippen LogP contribution in [0.4, 0.5) is 0 Å². The molecular formula is C17H22N2O3. The van der Waals surface area contributed by atoms with Crippen molar-refractivity contribution in [2.45, 2.75) is 18.9 Å². The van der Waals surface area contributed by atoms with Crippen molar-refractivity contribution >= 4 is 12.0 Å². The molecule has 1 atom stereocenters. The fourth-order valence-corrected chi connectivity index (χ4v) is 3.13. The largest absolute Gasteiger partial charge is 0.497 e. The van der Waals surface area contributed by atoms with E-state index in [1.54, 1.807) is 7.11 Å². The van der Waals surface area contributed by atoms with E-state index in [4.69, 9.17) is 9.47 Å². The molecular weight excluding hydrogens is 280 g/mol. The third-order valence-corrected chi connectivity index (χ3v) is 4.29. The molecule has 1 fully saturated rings. The maximum atomic E-state index is 12.7. The Morgan fingerprint density at radius 3 is 3.14 bits per heavy atom. The molecule has 0 unspecified atom stereocenters. The van der Waals surface area contributed by atoms with E-state index in [0.717, 1.165) is 48.6 Å². The third-order valence-electron chi connectivity index (χ3n) is 4.29. The first-order valence-corrected chi connectivity index (χ1v) is 7.70. The highest BCUT2D eigenvalue weighted by Crippen LogP contribution is 2.31. The number of ether oxygens (including phenoxy) is 2. The lowest BCUT2D eigenvalue weighted by Gasteiger charge is -2.27. The second-order valence-corrected chi connectivity index (χ2v) is 5.71. The molecule has 0 radical (unpaired) electrons. The summed E-state index contributed by atoms with van der Waals surface area (Å²) >= 11 is 0. The molecule has 1 saturated heterocycles. The number of methoxy groups -OCH3 is 1. The fourth-order valence-electron chi connectivity index (χ4n) is 3.13. The zero-order chi connectivity index (χ0) is 15.5. The fraction of sp³-hybridized carbons (Fsp3) is 0.471. The van der Waals surface area contributed by atoms with Gasteiger partial charge in [0.25, 0.3) is 5.91 Å². The van der Waals surface area contributed by atoms with Crippen molar-refractivity contribution in [3.63, 3.8) is 0 Å². The third kappa shape index (κ3) is 2.81. The van der Waals surface area contributed by atoms with E-state index in [1.165, 1.54) is 0 Å². The zero-order valence-corrected chi connectivity index (χ0v) is 13.1. The van der Waals surface area contributed by atoms with Gasteiger partial charge in [0.05, 0.1) is 12.7 Å². The van der Waals surface area contributed by atoms with E-state index in [1.807, 2.05) is 36.2 Å². The van der Waals surface area contributed by atoms with E-state index in [0.29, 0.717) is 6.61 Å². The van der Waals surface area contributed by atoms with Crippen LogP contribution in [0.2, 0.25) is 0 Å². The van der Waals surface area contributed by atoms with Crippen LogP contribution in [0.15, 0.2) is 23.8 Å². The van der Waals surface area contributed by atoms with Gasteiger partial charge in [-0.15, -0.1) is 0 Å². The number of fused-ring (bicyclic) bond motifs is 1. The van der Waals surface area contributed by atoms with Crippen LogP contribution in [0, 0.1) is 0 Å². The van der Waals surface area contributed by atoms with E-state index >= 15 is 0 Å². The monoisotopic (exact) mass is 302 g/mol. The van der Waals surface area contributed by atoms with Gasteiger partial charge in [-0.1, -0.05) is 0 Å². The summed E-state index contributed by atoms with van der Waals surface area (Å²) in [6.45, 7) is 1.99. The molecule has 1 N–H and O–H groups in total. The number of carbonyl (C=O) groups is 1. The highest BCUT2D eigenvalue weighted by atomic mass is 16.5. The minimum Gasteiger partial charge on any atom is -0.497 e. The van der Waals surface area contributed by atoms with Crippen LogP contribution in [0.25, 0.3) is 6.08 Å². The van der Waals surface area contributed by atoms with Gasteiger partial charge in [-0.25, -0.2) is 0 Å². The van der Waals surface area contributed by atoms with Gasteiger partial charge in [0.2, 0.25) is 0 Å². The number of rotatable bonds is 4. The lowest BCUT2D eigenvalue weighted by molar-refractivity contribution is -0.128. The van der Waals surface area contributed by atoms with Crippen molar-refractivity contribution in [3.05, 3.63) is 29.3 Å². The molecule has 1 amide bonds. The SMILES string of the molecule is CNC[C@H]1CCCN1C(=O)C1=Cc2ccc(OC)cc2OC1. The predicted molar refractivity (Wildman–Crippen MR) is 85.1 cm³/mol. The van der Waals surface area contributed by atoms with Crippen molar-refractivity contribution in [3.8, 4) is 11.5 Å². The number of nitrogens with zero attached hydrogens (tertiary/aromatic N) is 1. The number of amides is 1. The van der Waals surface area contributed by atoms with E-state index < -0.39 is 0 Å². The molecule has 5 nitrogen and oxygen atoms in total. The molecule has 2 aliphatic rings. The molecule has 2 aliphatic heterocycles. The quantitative estimate of drug-likeness (QED) is 0.919. The Balaban J connectivity index is 1.80. The summed E-state index contributed by atoms with van der Waals surface area (Å²) in [7, 11) is 3.55. The molecule has 3 rings (SSSR count). The lowest BCUT2D eigenvalue weighted by Crippen LogP contribution is -2.42. The molecule has 2 heterocycles. The number of likely N-dealkylation sites (N-methyl/N-ethyl adjacent to an activating group) is 1. The van der Waals surface area contributed by atoms with Crippen LogP contribution < -0.4 is 14.8 Å². The molecule has 0 saturated carbocycles. The van der Waals surface area contributed by atoms with Crippen LogP contribution in [-0.2, 0) is 4.79 Å². The van der Waals surface area contributed by atoms with Crippen molar-refractivity contribution in [1.82, 2.24) is 10.2 Å². The van der Waals surface area contributed by atoms with Gasteiger partial charge in [-0.3, -0.25) is 4.79 Å². The van der Waals surface area contributed by atoms with Crippen molar-refractivity contribution < 1.29 is 14.3 Å². The summed E-state index contributed by atoms with van der Waals surface area (Å²) < 4.78 is 10.9. The van der Waals surface area contributed by atoms with Crippen LogP contribution in [0.5, 0.6) is 11.5 Å². The highest BCUT2D eigenvalue weighted by Gasteiger charge is 2.31. The zero-order valence-electron chi connectivity index (χ0n) is 13.1. The van der Waals surface area contributed by atoms with Crippen LogP contribution in [-0.4, -0.2) is 50.7 Å². The molecule has 1 aromatic carbocycles. The molecule has 5 heteroatoms. The number of hydrogen-bond acceptors (Lipinski definition) is 4. The summed E-state index contributed by atoms with van der Waals surface area (Å²) in [4.78, 5) is 14.7. The Labute approximate surface area is 130 Å². The minimum atomic E-state index is 0.0965. The standard InChI is InChI=1S/C17H22N2O3/c1-18-10-14-4-3-7-19(14)17(20)13-8-12-5-6-15(21-2)9-16(12)22-11-13/h5-6,8-9,14,18H,3-4,7,10-11H2,1-2H3/t14-/m1/s1.